The Bertz CT molecular complexity index is 168. The summed E-state index contributed by atoms with van der Waals surface area (Å²) in [7, 11) is 0. The van der Waals surface area contributed by atoms with E-state index in [-0.39, 0.29) is 5.11 Å². The summed E-state index contributed by atoms with van der Waals surface area (Å²) in [5, 5.41) is 4.11. The fourth-order valence-electron chi connectivity index (χ4n) is 0.737. The molecular formula is C8H17N3S. The third-order valence-corrected chi connectivity index (χ3v) is 2.12. The number of hydrogen-bond donors (Lipinski definition) is 2. The van der Waals surface area contributed by atoms with Crippen molar-refractivity contribution in [3.05, 3.63) is 0 Å². The molecule has 2 unspecified atom stereocenters. The third-order valence-electron chi connectivity index (χ3n) is 2.03. The Balaban J connectivity index is 3.74. The maximum Gasteiger partial charge on any atom is 0.184 e. The zero-order valence-corrected chi connectivity index (χ0v) is 8.69. The van der Waals surface area contributed by atoms with Crippen LogP contribution >= 0.6 is 12.2 Å². The molecule has 70 valence electrons. The van der Waals surface area contributed by atoms with Crippen LogP contribution in [0.5, 0.6) is 0 Å². The molecule has 3 nitrogen and oxygen atoms in total. The third kappa shape index (κ3) is 5.07. The van der Waals surface area contributed by atoms with E-state index in [4.69, 9.17) is 5.73 Å². The summed E-state index contributed by atoms with van der Waals surface area (Å²) in [5.74, 6) is 1.10. The highest BCUT2D eigenvalue weighted by atomic mass is 32.1. The van der Waals surface area contributed by atoms with E-state index in [1.807, 2.05) is 6.21 Å². The van der Waals surface area contributed by atoms with Gasteiger partial charge >= 0.3 is 0 Å². The van der Waals surface area contributed by atoms with Crippen LogP contribution in [0.1, 0.15) is 27.2 Å². The number of nitrogens with two attached hydrogens (primary N) is 1. The van der Waals surface area contributed by atoms with Crippen molar-refractivity contribution in [1.29, 1.82) is 0 Å². The van der Waals surface area contributed by atoms with Gasteiger partial charge in [-0.25, -0.2) is 0 Å². The Kier molecular flexibility index (Phi) is 5.62. The first-order valence-electron chi connectivity index (χ1n) is 4.16. The molecule has 0 bridgehead atoms. The number of nitrogens with one attached hydrogen (secondary N) is 1. The molecule has 0 heterocycles. The molecule has 0 saturated heterocycles. The number of thiocarbonyl (C=S) groups is 1. The van der Waals surface area contributed by atoms with E-state index in [0.717, 1.165) is 6.42 Å². The molecule has 0 rings (SSSR count). The smallest absolute Gasteiger partial charge is 0.184 e. The van der Waals surface area contributed by atoms with Crippen molar-refractivity contribution in [3.63, 3.8) is 0 Å². The summed E-state index contributed by atoms with van der Waals surface area (Å²) < 4.78 is 0. The van der Waals surface area contributed by atoms with Crippen molar-refractivity contribution in [1.82, 2.24) is 5.43 Å². The second-order valence-electron chi connectivity index (χ2n) is 3.00. The first-order valence-corrected chi connectivity index (χ1v) is 4.57. The van der Waals surface area contributed by atoms with Gasteiger partial charge in [-0.1, -0.05) is 27.2 Å². The molecule has 0 radical (unpaired) electrons. The maximum absolute atomic E-state index is 5.19. The van der Waals surface area contributed by atoms with Gasteiger partial charge in [0, 0.05) is 6.21 Å². The van der Waals surface area contributed by atoms with Gasteiger partial charge in [-0.3, -0.25) is 5.43 Å². The second kappa shape index (κ2) is 5.94. The Labute approximate surface area is 79.4 Å². The Morgan fingerprint density at radius 2 is 2.25 bits per heavy atom. The average Bonchev–Trinajstić information content (AvgIpc) is 2.02. The lowest BCUT2D eigenvalue weighted by Gasteiger charge is -2.12. The van der Waals surface area contributed by atoms with Gasteiger partial charge in [0.25, 0.3) is 0 Å². The predicted octanol–water partition coefficient (Wildman–Crippen LogP) is 1.49. The summed E-state index contributed by atoms with van der Waals surface area (Å²) >= 11 is 4.59. The van der Waals surface area contributed by atoms with Crippen molar-refractivity contribution in [2.45, 2.75) is 27.2 Å². The molecule has 3 N–H and O–H groups in total. The van der Waals surface area contributed by atoms with Crippen LogP contribution in [0.3, 0.4) is 0 Å². The SMILES string of the molecule is CCC(C)C(C)C=NNC(N)=S. The van der Waals surface area contributed by atoms with Gasteiger partial charge in [0.2, 0.25) is 0 Å². The normalized spacial score (nSPS) is 15.9. The number of nitrogens with zero attached hydrogens (tertiary/aromatic N) is 1. The van der Waals surface area contributed by atoms with Crippen molar-refractivity contribution >= 4 is 23.5 Å². The van der Waals surface area contributed by atoms with Gasteiger partial charge in [0.15, 0.2) is 5.11 Å². The van der Waals surface area contributed by atoms with E-state index < -0.39 is 0 Å². The molecule has 4 heteroatoms. The minimum absolute atomic E-state index is 0.211. The minimum Gasteiger partial charge on any atom is -0.375 e. The van der Waals surface area contributed by atoms with Crippen LogP contribution < -0.4 is 11.2 Å². The fraction of sp³-hybridized carbons (Fsp3) is 0.750. The molecule has 0 amide bonds. The summed E-state index contributed by atoms with van der Waals surface area (Å²) in [6, 6.07) is 0. The zero-order valence-electron chi connectivity index (χ0n) is 7.87. The van der Waals surface area contributed by atoms with Crippen molar-refractivity contribution < 1.29 is 0 Å². The number of hydrazone groups is 1. The standard InChI is InChI=1S/C8H17N3S/c1-4-6(2)7(3)5-10-11-8(9)12/h5-7H,4H2,1-3H3,(H3,9,11,12). The Morgan fingerprint density at radius 3 is 2.67 bits per heavy atom. The highest BCUT2D eigenvalue weighted by Crippen LogP contribution is 2.11. The van der Waals surface area contributed by atoms with Crippen LogP contribution in [0.4, 0.5) is 0 Å². The van der Waals surface area contributed by atoms with Crippen molar-refractivity contribution in [2.24, 2.45) is 22.7 Å². The maximum atomic E-state index is 5.19. The molecule has 0 fully saturated rings. The lowest BCUT2D eigenvalue weighted by Crippen LogP contribution is -2.24. The first kappa shape index (κ1) is 11.4. The van der Waals surface area contributed by atoms with E-state index in [9.17, 15) is 0 Å². The molecule has 0 saturated carbocycles. The largest absolute Gasteiger partial charge is 0.375 e. The average molecular weight is 187 g/mol. The van der Waals surface area contributed by atoms with Crippen LogP contribution in [0.25, 0.3) is 0 Å². The predicted molar refractivity (Wildman–Crippen MR) is 57.0 cm³/mol. The second-order valence-corrected chi connectivity index (χ2v) is 3.44. The Hall–Kier alpha value is -0.640. The molecule has 12 heavy (non-hydrogen) atoms. The van der Waals surface area contributed by atoms with Crippen LogP contribution in [0.2, 0.25) is 0 Å². The van der Waals surface area contributed by atoms with E-state index >= 15 is 0 Å². The van der Waals surface area contributed by atoms with Gasteiger partial charge in [-0.05, 0) is 24.1 Å². The van der Waals surface area contributed by atoms with Gasteiger partial charge < -0.3 is 5.73 Å². The summed E-state index contributed by atoms with van der Waals surface area (Å²) in [6.07, 6.45) is 2.99. The molecule has 0 aromatic carbocycles. The zero-order chi connectivity index (χ0) is 9.56. The Morgan fingerprint density at radius 1 is 1.67 bits per heavy atom. The fourth-order valence-corrected chi connectivity index (χ4v) is 0.790. The quantitative estimate of drug-likeness (QED) is 0.398. The minimum atomic E-state index is 0.211. The molecular weight excluding hydrogens is 170 g/mol. The summed E-state index contributed by atoms with van der Waals surface area (Å²) in [4.78, 5) is 0. The molecule has 0 aliphatic rings. The number of rotatable bonds is 4. The summed E-state index contributed by atoms with van der Waals surface area (Å²) in [6.45, 7) is 6.48. The van der Waals surface area contributed by atoms with E-state index in [1.54, 1.807) is 0 Å². The van der Waals surface area contributed by atoms with Crippen LogP contribution in [0, 0.1) is 11.8 Å². The lowest BCUT2D eigenvalue weighted by molar-refractivity contribution is 0.474. The monoisotopic (exact) mass is 187 g/mol. The summed E-state index contributed by atoms with van der Waals surface area (Å²) in [5.41, 5.74) is 7.73. The number of hydrogen-bond acceptors (Lipinski definition) is 2. The molecule has 2 atom stereocenters. The van der Waals surface area contributed by atoms with Crippen molar-refractivity contribution in [2.75, 3.05) is 0 Å². The van der Waals surface area contributed by atoms with Crippen LogP contribution in [-0.2, 0) is 0 Å². The van der Waals surface area contributed by atoms with E-state index in [1.165, 1.54) is 0 Å². The topological polar surface area (TPSA) is 50.4 Å². The molecule has 0 spiro atoms. The van der Waals surface area contributed by atoms with Crippen LogP contribution in [-0.4, -0.2) is 11.3 Å². The van der Waals surface area contributed by atoms with E-state index in [2.05, 4.69) is 43.5 Å². The van der Waals surface area contributed by atoms with Crippen LogP contribution in [0.15, 0.2) is 5.10 Å². The van der Waals surface area contributed by atoms with Gasteiger partial charge in [0.05, 0.1) is 0 Å². The van der Waals surface area contributed by atoms with Gasteiger partial charge in [0.1, 0.15) is 0 Å². The highest BCUT2D eigenvalue weighted by Gasteiger charge is 2.06. The van der Waals surface area contributed by atoms with Gasteiger partial charge in [-0.2, -0.15) is 5.10 Å². The first-order chi connectivity index (χ1) is 5.57. The highest BCUT2D eigenvalue weighted by molar-refractivity contribution is 7.80. The molecule has 0 aliphatic heterocycles. The molecule has 0 aliphatic carbocycles. The van der Waals surface area contributed by atoms with Gasteiger partial charge in [-0.15, -0.1) is 0 Å². The van der Waals surface area contributed by atoms with E-state index in [0.29, 0.717) is 11.8 Å². The molecule has 0 aromatic heterocycles. The lowest BCUT2D eigenvalue weighted by atomic mass is 9.95. The molecule has 0 aromatic rings. The van der Waals surface area contributed by atoms with Crippen molar-refractivity contribution in [3.8, 4) is 0 Å².